The summed E-state index contributed by atoms with van der Waals surface area (Å²) in [5, 5.41) is 3.32. The van der Waals surface area contributed by atoms with Gasteiger partial charge in [0.2, 0.25) is 0 Å². The van der Waals surface area contributed by atoms with Crippen LogP contribution in [-0.4, -0.2) is 34.7 Å². The Labute approximate surface area is 121 Å². The van der Waals surface area contributed by atoms with Crippen molar-refractivity contribution in [2.45, 2.75) is 58.5 Å². The Morgan fingerprint density at radius 1 is 1.55 bits per heavy atom. The number of aryl methyl sites for hydroxylation is 1. The van der Waals surface area contributed by atoms with Crippen LogP contribution in [0.4, 0.5) is 0 Å². The Morgan fingerprint density at radius 3 is 2.80 bits per heavy atom. The average molecular weight is 281 g/mol. The highest BCUT2D eigenvalue weighted by Gasteiger charge is 2.35. The summed E-state index contributed by atoms with van der Waals surface area (Å²) >= 11 is 0. The van der Waals surface area contributed by atoms with Gasteiger partial charge >= 0.3 is 5.97 Å². The summed E-state index contributed by atoms with van der Waals surface area (Å²) in [6.07, 6.45) is 6.31. The highest BCUT2D eigenvalue weighted by Crippen LogP contribution is 2.23. The van der Waals surface area contributed by atoms with Crippen molar-refractivity contribution in [1.82, 2.24) is 14.9 Å². The summed E-state index contributed by atoms with van der Waals surface area (Å²) in [4.78, 5) is 16.4. The van der Waals surface area contributed by atoms with Crippen LogP contribution in [0.3, 0.4) is 0 Å². The van der Waals surface area contributed by atoms with Crippen LogP contribution >= 0.6 is 0 Å². The third-order valence-electron chi connectivity index (χ3n) is 3.64. The molecule has 0 aliphatic carbocycles. The Hall–Kier alpha value is -1.36. The molecule has 0 fully saturated rings. The number of carbonyl (C=O) groups excluding carboxylic acids is 1. The number of esters is 1. The Kier molecular flexibility index (Phi) is 6.20. The highest BCUT2D eigenvalue weighted by atomic mass is 16.5. The molecule has 2 unspecified atom stereocenters. The maximum atomic E-state index is 12.1. The SMILES string of the molecule is CCCNC(C)(CC(C)n1ccnc1CC)C(=O)OC. The van der Waals surface area contributed by atoms with E-state index in [0.717, 1.165) is 25.2 Å². The van der Waals surface area contributed by atoms with Gasteiger partial charge in [-0.3, -0.25) is 4.79 Å². The lowest BCUT2D eigenvalue weighted by Crippen LogP contribution is -2.51. The second-order valence-corrected chi connectivity index (χ2v) is 5.41. The molecular weight excluding hydrogens is 254 g/mol. The van der Waals surface area contributed by atoms with E-state index in [-0.39, 0.29) is 12.0 Å². The monoisotopic (exact) mass is 281 g/mol. The average Bonchev–Trinajstić information content (AvgIpc) is 2.92. The molecule has 0 amide bonds. The van der Waals surface area contributed by atoms with Crippen molar-refractivity contribution in [2.75, 3.05) is 13.7 Å². The number of imidazole rings is 1. The van der Waals surface area contributed by atoms with Gasteiger partial charge in [0, 0.05) is 24.9 Å². The molecular formula is C15H27N3O2. The Bertz CT molecular complexity index is 431. The fourth-order valence-corrected chi connectivity index (χ4v) is 2.56. The van der Waals surface area contributed by atoms with E-state index in [1.807, 2.05) is 19.3 Å². The summed E-state index contributed by atoms with van der Waals surface area (Å²) in [5.41, 5.74) is -0.667. The molecule has 20 heavy (non-hydrogen) atoms. The van der Waals surface area contributed by atoms with E-state index in [9.17, 15) is 4.79 Å². The summed E-state index contributed by atoms with van der Waals surface area (Å²) in [6, 6.07) is 0.181. The van der Waals surface area contributed by atoms with Crippen molar-refractivity contribution in [2.24, 2.45) is 0 Å². The van der Waals surface area contributed by atoms with Gasteiger partial charge in [-0.15, -0.1) is 0 Å². The van der Waals surface area contributed by atoms with E-state index < -0.39 is 5.54 Å². The molecule has 0 saturated carbocycles. The van der Waals surface area contributed by atoms with E-state index >= 15 is 0 Å². The van der Waals surface area contributed by atoms with Crippen molar-refractivity contribution >= 4 is 5.97 Å². The lowest BCUT2D eigenvalue weighted by molar-refractivity contribution is -0.148. The van der Waals surface area contributed by atoms with E-state index in [0.29, 0.717) is 6.42 Å². The quantitative estimate of drug-likeness (QED) is 0.743. The largest absolute Gasteiger partial charge is 0.468 e. The number of methoxy groups -OCH3 is 1. The first kappa shape index (κ1) is 16.7. The maximum Gasteiger partial charge on any atom is 0.325 e. The number of hydrogen-bond acceptors (Lipinski definition) is 4. The lowest BCUT2D eigenvalue weighted by atomic mass is 9.93. The standard InChI is InChI=1S/C15H27N3O2/c1-6-8-17-15(4,14(19)20-5)11-12(3)18-10-9-16-13(18)7-2/h9-10,12,17H,6-8,11H2,1-5H3. The van der Waals surface area contributed by atoms with Gasteiger partial charge in [0.25, 0.3) is 0 Å². The molecule has 0 aliphatic rings. The van der Waals surface area contributed by atoms with Crippen LogP contribution in [0, 0.1) is 0 Å². The molecule has 1 aromatic heterocycles. The van der Waals surface area contributed by atoms with Crippen LogP contribution in [-0.2, 0) is 16.0 Å². The third-order valence-corrected chi connectivity index (χ3v) is 3.64. The fourth-order valence-electron chi connectivity index (χ4n) is 2.56. The minimum absolute atomic E-state index is 0.181. The van der Waals surface area contributed by atoms with Crippen molar-refractivity contribution in [3.05, 3.63) is 18.2 Å². The molecule has 5 heteroatoms. The van der Waals surface area contributed by atoms with E-state index in [1.54, 1.807) is 0 Å². The number of hydrogen-bond donors (Lipinski definition) is 1. The predicted octanol–water partition coefficient (Wildman–Crippen LogP) is 2.33. The maximum absolute atomic E-state index is 12.1. The Morgan fingerprint density at radius 2 is 2.25 bits per heavy atom. The summed E-state index contributed by atoms with van der Waals surface area (Å²) < 4.78 is 7.09. The number of rotatable bonds is 8. The van der Waals surface area contributed by atoms with Crippen molar-refractivity contribution in [3.63, 3.8) is 0 Å². The molecule has 1 N–H and O–H groups in total. The summed E-state index contributed by atoms with van der Waals surface area (Å²) in [5.74, 6) is 0.830. The lowest BCUT2D eigenvalue weighted by Gasteiger charge is -2.31. The number of nitrogens with zero attached hydrogens (tertiary/aromatic N) is 2. The molecule has 0 aliphatic heterocycles. The number of aromatic nitrogens is 2. The second kappa shape index (κ2) is 7.43. The van der Waals surface area contributed by atoms with Gasteiger partial charge in [0.1, 0.15) is 11.4 Å². The molecule has 0 aromatic carbocycles. The highest BCUT2D eigenvalue weighted by molar-refractivity contribution is 5.80. The van der Waals surface area contributed by atoms with Gasteiger partial charge in [-0.2, -0.15) is 0 Å². The van der Waals surface area contributed by atoms with Crippen LogP contribution in [0.5, 0.6) is 0 Å². The van der Waals surface area contributed by atoms with Crippen molar-refractivity contribution < 1.29 is 9.53 Å². The first-order valence-electron chi connectivity index (χ1n) is 7.33. The topological polar surface area (TPSA) is 56.2 Å². The van der Waals surface area contributed by atoms with Gasteiger partial charge in [-0.1, -0.05) is 13.8 Å². The zero-order chi connectivity index (χ0) is 15.2. The van der Waals surface area contributed by atoms with Gasteiger partial charge in [-0.25, -0.2) is 4.98 Å². The van der Waals surface area contributed by atoms with Gasteiger partial charge in [0.05, 0.1) is 7.11 Å². The van der Waals surface area contributed by atoms with Crippen LogP contribution in [0.1, 0.15) is 52.4 Å². The third kappa shape index (κ3) is 3.82. The molecule has 2 atom stereocenters. The normalized spacial score (nSPS) is 15.7. The van der Waals surface area contributed by atoms with Crippen LogP contribution < -0.4 is 5.32 Å². The number of nitrogens with one attached hydrogen (secondary N) is 1. The van der Waals surface area contributed by atoms with E-state index in [4.69, 9.17) is 4.74 Å². The number of ether oxygens (including phenoxy) is 1. The fraction of sp³-hybridized carbons (Fsp3) is 0.733. The first-order chi connectivity index (χ1) is 9.48. The summed E-state index contributed by atoms with van der Waals surface area (Å²) in [7, 11) is 1.44. The zero-order valence-corrected chi connectivity index (χ0v) is 13.3. The molecule has 0 radical (unpaired) electrons. The number of carbonyl (C=O) groups is 1. The smallest absolute Gasteiger partial charge is 0.325 e. The first-order valence-corrected chi connectivity index (χ1v) is 7.33. The molecule has 1 aromatic rings. The summed E-state index contributed by atoms with van der Waals surface area (Å²) in [6.45, 7) is 8.98. The molecule has 0 spiro atoms. The molecule has 0 bridgehead atoms. The van der Waals surface area contributed by atoms with Crippen molar-refractivity contribution in [3.8, 4) is 0 Å². The van der Waals surface area contributed by atoms with E-state index in [2.05, 4.69) is 35.6 Å². The zero-order valence-electron chi connectivity index (χ0n) is 13.3. The minimum atomic E-state index is -0.667. The van der Waals surface area contributed by atoms with Gasteiger partial charge in [0.15, 0.2) is 0 Å². The molecule has 114 valence electrons. The van der Waals surface area contributed by atoms with Crippen molar-refractivity contribution in [1.29, 1.82) is 0 Å². The Balaban J connectivity index is 2.86. The van der Waals surface area contributed by atoms with Gasteiger partial charge < -0.3 is 14.6 Å². The predicted molar refractivity (Wildman–Crippen MR) is 79.6 cm³/mol. The second-order valence-electron chi connectivity index (χ2n) is 5.41. The minimum Gasteiger partial charge on any atom is -0.468 e. The molecule has 1 heterocycles. The van der Waals surface area contributed by atoms with Gasteiger partial charge in [-0.05, 0) is 33.2 Å². The molecule has 1 rings (SSSR count). The van der Waals surface area contributed by atoms with Crippen LogP contribution in [0.25, 0.3) is 0 Å². The van der Waals surface area contributed by atoms with E-state index in [1.165, 1.54) is 7.11 Å². The molecule has 0 saturated heterocycles. The molecule has 5 nitrogen and oxygen atoms in total. The van der Waals surface area contributed by atoms with Crippen LogP contribution in [0.2, 0.25) is 0 Å². The van der Waals surface area contributed by atoms with Crippen LogP contribution in [0.15, 0.2) is 12.4 Å².